The minimum Gasteiger partial charge on any atom is -0.463 e. The summed E-state index contributed by atoms with van der Waals surface area (Å²) < 4.78 is 43.3. The van der Waals surface area contributed by atoms with Crippen LogP contribution >= 0.6 is 0 Å². The molecule has 0 amide bonds. The molecule has 0 aliphatic carbocycles. The van der Waals surface area contributed by atoms with Gasteiger partial charge in [0.05, 0.1) is 90.4 Å². The quantitative estimate of drug-likeness (QED) is 0.0210. The number of hydrogen-bond donors (Lipinski definition) is 6. The second-order valence-corrected chi connectivity index (χ2v) is 27.8. The van der Waals surface area contributed by atoms with Crippen molar-refractivity contribution in [2.75, 3.05) is 52.9 Å². The van der Waals surface area contributed by atoms with E-state index in [2.05, 4.69) is 12.1 Å². The first-order valence-electron chi connectivity index (χ1n) is 19.9. The molecule has 0 fully saturated rings. The lowest BCUT2D eigenvalue weighted by atomic mass is 9.81. The summed E-state index contributed by atoms with van der Waals surface area (Å²) in [7, 11) is -10.2. The first kappa shape index (κ1) is 58.7. The predicted octanol–water partition coefficient (Wildman–Crippen LogP) is -4.61. The molecule has 0 radical (unpaired) electrons. The van der Waals surface area contributed by atoms with Gasteiger partial charge in [-0.3, -0.25) is 9.59 Å². The zero-order valence-corrected chi connectivity index (χ0v) is 47.3. The Morgan fingerprint density at radius 2 is 0.967 bits per heavy atom. The molecule has 6 atom stereocenters. The summed E-state index contributed by atoms with van der Waals surface area (Å²) in [5.41, 5.74) is -1.95. The van der Waals surface area contributed by atoms with Gasteiger partial charge in [0.1, 0.15) is 13.2 Å². The third kappa shape index (κ3) is 22.3. The van der Waals surface area contributed by atoms with Gasteiger partial charge in [0.2, 0.25) is 0 Å². The monoisotopic (exact) mass is 968 g/mol. The van der Waals surface area contributed by atoms with E-state index in [-0.39, 0.29) is 126 Å². The van der Waals surface area contributed by atoms with E-state index in [1.54, 1.807) is 27.7 Å². The van der Waals surface area contributed by atoms with E-state index in [9.17, 15) is 49.5 Å². The van der Waals surface area contributed by atoms with Crippen LogP contribution < -0.4 is 0 Å². The number of hydrogen-bond acceptors (Lipinski definition) is 20. The lowest BCUT2D eigenvalue weighted by Gasteiger charge is -2.54. The van der Waals surface area contributed by atoms with Crippen molar-refractivity contribution in [3.63, 3.8) is 0 Å². The molecule has 0 bridgehead atoms. The fraction of sp³-hybridized carbons (Fsp3) is 0.829. The molecule has 0 aliphatic heterocycles. The van der Waals surface area contributed by atoms with Gasteiger partial charge >= 0.3 is 30.0 Å². The fourth-order valence-electron chi connectivity index (χ4n) is 6.30. The lowest BCUT2D eigenvalue weighted by Crippen LogP contribution is -2.75. The molecule has 0 saturated heterocycles. The van der Waals surface area contributed by atoms with Crippen LogP contribution in [0.15, 0.2) is 0 Å². The zero-order chi connectivity index (χ0) is 47.4. The third-order valence-corrected chi connectivity index (χ3v) is 20.7. The maximum absolute atomic E-state index is 12.6. The van der Waals surface area contributed by atoms with E-state index in [4.69, 9.17) is 47.2 Å². The summed E-state index contributed by atoms with van der Waals surface area (Å²) in [6, 6.07) is 8.19. The highest BCUT2D eigenvalue weighted by atomic mass is 28.4. The smallest absolute Gasteiger partial charge is 0.463 e. The summed E-state index contributed by atoms with van der Waals surface area (Å²) in [6.07, 6.45) is 1.25. The van der Waals surface area contributed by atoms with Crippen molar-refractivity contribution in [1.29, 1.82) is 21.0 Å². The maximum Gasteiger partial charge on any atom is 0.674 e. The zero-order valence-electron chi connectivity index (χ0n) is 37.3. The van der Waals surface area contributed by atoms with Crippen LogP contribution in [0.3, 0.4) is 0 Å². The molecule has 0 saturated carbocycles. The van der Waals surface area contributed by atoms with Crippen LogP contribution in [0.4, 0.5) is 0 Å². The molecule has 6 N–H and O–H groups in total. The van der Waals surface area contributed by atoms with E-state index >= 15 is 0 Å². The minimum absolute atomic E-state index is 0.0550. The highest BCUT2D eigenvalue weighted by molar-refractivity contribution is 6.52. The van der Waals surface area contributed by atoms with Gasteiger partial charge in [-0.1, -0.05) is 0 Å². The van der Waals surface area contributed by atoms with Gasteiger partial charge in [0.15, 0.2) is 0 Å². The number of rotatable bonds is 32. The molecule has 26 heteroatoms. The van der Waals surface area contributed by atoms with Crippen molar-refractivity contribution in [3.8, 4) is 24.3 Å². The van der Waals surface area contributed by atoms with E-state index in [1.807, 2.05) is 12.1 Å². The molecular formula is C35H68N4O16Si6. The Kier molecular flexibility index (Phi) is 24.9. The van der Waals surface area contributed by atoms with Crippen LogP contribution in [0.25, 0.3) is 0 Å². The first-order valence-corrected chi connectivity index (χ1v) is 27.3. The second kappa shape index (κ2) is 25.9. The van der Waals surface area contributed by atoms with Crippen molar-refractivity contribution in [2.24, 2.45) is 22.7 Å². The average molecular weight is 969 g/mol. The van der Waals surface area contributed by atoms with Gasteiger partial charge in [0.25, 0.3) is 0 Å². The van der Waals surface area contributed by atoms with Crippen molar-refractivity contribution in [1.82, 2.24) is 0 Å². The number of aliphatic hydroxyl groups is 2. The molecule has 0 aromatic rings. The van der Waals surface area contributed by atoms with Gasteiger partial charge in [-0.2, -0.15) is 21.0 Å². The summed E-state index contributed by atoms with van der Waals surface area (Å²) in [4.78, 5) is 68.5. The Bertz CT molecular complexity index is 1560. The van der Waals surface area contributed by atoms with Crippen LogP contribution in [0.2, 0.25) is 0 Å². The number of ether oxygens (including phenoxy) is 4. The van der Waals surface area contributed by atoms with Gasteiger partial charge in [-0.05, 0) is 73.6 Å². The Hall–Kier alpha value is -2.28. The van der Waals surface area contributed by atoms with Gasteiger partial charge in [-0.25, -0.2) is 0 Å². The van der Waals surface area contributed by atoms with Crippen LogP contribution in [0.1, 0.15) is 86.5 Å². The molecule has 348 valence electrons. The van der Waals surface area contributed by atoms with E-state index in [0.29, 0.717) is 12.8 Å². The van der Waals surface area contributed by atoms with Crippen LogP contribution in [-0.2, 0) is 46.2 Å². The maximum atomic E-state index is 12.6. The largest absolute Gasteiger partial charge is 0.674 e. The molecule has 0 aromatic heterocycles. The van der Waals surface area contributed by atoms with Crippen molar-refractivity contribution >= 4 is 71.0 Å². The molecule has 3 unspecified atom stereocenters. The molecule has 0 rings (SSSR count). The predicted molar refractivity (Wildman–Crippen MR) is 234 cm³/mol. The lowest BCUT2D eigenvalue weighted by molar-refractivity contribution is -0.169. The standard InChI is InChI=1S/C35H68N4O16Si6/c1-30(2,21-26(23-38)9-7-11-36)28(40)50-17-13-48-15-19-52-60(44,45)54-33(6,57)35(43,59)34(58,25-32(5,42)56)55-61(46,47)53-20-16-49-14-18-51-29(41)31(3,4)22-27(24-39)10-8-12-37/h26-27,42-47H,7-10,13-22,25H2,1-6,56-59H3/t26?,27?,32-,33+,34-,35?/m1/s1. The molecule has 61 heavy (non-hydrogen) atoms. The molecule has 0 spiro atoms. The van der Waals surface area contributed by atoms with E-state index in [1.165, 1.54) is 13.8 Å². The van der Waals surface area contributed by atoms with E-state index < -0.39 is 73.6 Å². The number of nitriles is 4. The van der Waals surface area contributed by atoms with Gasteiger partial charge in [-0.15, -0.1) is 0 Å². The first-order chi connectivity index (χ1) is 27.9. The minimum atomic E-state index is -5.06. The third-order valence-electron chi connectivity index (χ3n) is 9.87. The Labute approximate surface area is 373 Å². The Morgan fingerprint density at radius 1 is 0.607 bits per heavy atom. The Balaban J connectivity index is 5.23. The molecular weight excluding hydrogens is 901 g/mol. The van der Waals surface area contributed by atoms with Crippen LogP contribution in [0.5, 0.6) is 0 Å². The SMILES string of the molecule is CC(C)(CC(C#N)CCC#N)C(=O)OCCOCCO[Si](O)(O)O[C@@](C)([SiH3])C(O)([SiH3])[C@]([SiH3])(C[C@](C)(O)[SiH3])O[Si](O)(O)OCCOCCOC(=O)C(C)(C)CC(C#N)CCC#N. The van der Waals surface area contributed by atoms with Gasteiger partial charge < -0.3 is 66.0 Å². The topological polar surface area (TPSA) is 325 Å². The van der Waals surface area contributed by atoms with Crippen molar-refractivity contribution in [3.05, 3.63) is 0 Å². The average Bonchev–Trinajstić information content (AvgIpc) is 3.12. The molecule has 20 nitrogen and oxygen atoms in total. The molecule has 0 heterocycles. The number of esters is 2. The van der Waals surface area contributed by atoms with Crippen molar-refractivity contribution in [2.45, 2.75) is 107 Å². The fourth-order valence-corrected chi connectivity index (χ4v) is 15.1. The highest BCUT2D eigenvalue weighted by Gasteiger charge is 2.62. The number of carbonyl (C=O) groups excluding carboxylic acids is 2. The summed E-state index contributed by atoms with van der Waals surface area (Å²) in [5.74, 6) is -2.05. The van der Waals surface area contributed by atoms with Crippen LogP contribution in [0, 0.1) is 68.0 Å². The number of nitrogens with zero attached hydrogens (tertiary/aromatic N) is 4. The van der Waals surface area contributed by atoms with Crippen LogP contribution in [-0.4, -0.2) is 174 Å². The highest BCUT2D eigenvalue weighted by Crippen LogP contribution is 2.39. The summed E-state index contributed by atoms with van der Waals surface area (Å²) in [5, 5.41) is 52.2. The molecule has 0 aromatic carbocycles. The second-order valence-electron chi connectivity index (χ2n) is 17.5. The van der Waals surface area contributed by atoms with Gasteiger partial charge in [0, 0.05) is 70.9 Å². The number of carbonyl (C=O) groups is 2. The Morgan fingerprint density at radius 3 is 1.31 bits per heavy atom. The van der Waals surface area contributed by atoms with Crippen molar-refractivity contribution < 1.29 is 75.6 Å². The normalized spacial score (nSPS) is 17.6. The van der Waals surface area contributed by atoms with E-state index in [0.717, 1.165) is 0 Å². The summed E-state index contributed by atoms with van der Waals surface area (Å²) in [6.45, 7) is 8.01. The molecule has 0 aliphatic rings. The summed E-state index contributed by atoms with van der Waals surface area (Å²) >= 11 is 0.